The maximum atomic E-state index is 12.5. The van der Waals surface area contributed by atoms with Crippen molar-refractivity contribution in [3.05, 3.63) is 0 Å². The van der Waals surface area contributed by atoms with Crippen molar-refractivity contribution in [2.24, 2.45) is 5.73 Å². The number of aliphatic carboxylic acids is 3. The molecule has 0 aliphatic carbocycles. The van der Waals surface area contributed by atoms with Gasteiger partial charge in [-0.25, -0.2) is 4.79 Å². The largest absolute Gasteiger partial charge is 0.481 e. The van der Waals surface area contributed by atoms with Crippen LogP contribution in [0.2, 0.25) is 0 Å². The molecule has 0 radical (unpaired) electrons. The molecule has 0 saturated heterocycles. The summed E-state index contributed by atoms with van der Waals surface area (Å²) in [7, 11) is 0. The van der Waals surface area contributed by atoms with Crippen molar-refractivity contribution in [3.8, 4) is 0 Å². The number of thioether (sulfide) groups is 1. The highest BCUT2D eigenvalue weighted by Gasteiger charge is 2.30. The Balaban J connectivity index is 5.30. The highest BCUT2D eigenvalue weighted by atomic mass is 32.2. The first kappa shape index (κ1) is 29.1. The number of carbonyl (C=O) groups excluding carboxylic acids is 3. The van der Waals surface area contributed by atoms with Crippen molar-refractivity contribution < 1.29 is 49.2 Å². The molecule has 0 aliphatic heterocycles. The summed E-state index contributed by atoms with van der Waals surface area (Å²) in [6.07, 6.45) is 0.149. The van der Waals surface area contributed by atoms with E-state index in [4.69, 9.17) is 15.9 Å². The number of hydrogen-bond donors (Lipinski definition) is 8. The summed E-state index contributed by atoms with van der Waals surface area (Å²) >= 11 is 1.35. The lowest BCUT2D eigenvalue weighted by Crippen LogP contribution is -2.58. The molecule has 0 spiro atoms. The second-order valence-corrected chi connectivity index (χ2v) is 7.61. The zero-order chi connectivity index (χ0) is 24.8. The Morgan fingerprint density at radius 2 is 1.34 bits per heavy atom. The van der Waals surface area contributed by atoms with E-state index in [1.54, 1.807) is 6.26 Å². The average molecular weight is 480 g/mol. The average Bonchev–Trinajstić information content (AvgIpc) is 2.70. The first-order chi connectivity index (χ1) is 14.9. The Morgan fingerprint density at radius 1 is 0.812 bits per heavy atom. The molecule has 4 atom stereocenters. The second kappa shape index (κ2) is 15.0. The first-order valence-electron chi connectivity index (χ1n) is 9.35. The molecule has 0 heterocycles. The number of carbonyl (C=O) groups is 6. The van der Waals surface area contributed by atoms with Crippen molar-refractivity contribution in [1.29, 1.82) is 0 Å². The fourth-order valence-corrected chi connectivity index (χ4v) is 2.80. The van der Waals surface area contributed by atoms with Crippen LogP contribution in [-0.4, -0.2) is 98.8 Å². The van der Waals surface area contributed by atoms with Gasteiger partial charge in [0.05, 0.1) is 19.1 Å². The van der Waals surface area contributed by atoms with Crippen LogP contribution < -0.4 is 21.7 Å². The van der Waals surface area contributed by atoms with Gasteiger partial charge in [-0.1, -0.05) is 0 Å². The van der Waals surface area contributed by atoms with Crippen LogP contribution in [0, 0.1) is 0 Å². The number of aliphatic hydroxyl groups is 1. The molecule has 0 aliphatic rings. The van der Waals surface area contributed by atoms with Crippen LogP contribution >= 0.6 is 11.8 Å². The maximum absolute atomic E-state index is 12.5. The van der Waals surface area contributed by atoms with Crippen LogP contribution in [0.3, 0.4) is 0 Å². The van der Waals surface area contributed by atoms with E-state index in [-0.39, 0.29) is 6.42 Å². The molecule has 0 aromatic carbocycles. The predicted molar refractivity (Wildman–Crippen MR) is 111 cm³/mol. The number of nitrogens with one attached hydrogen (secondary N) is 3. The number of nitrogens with two attached hydrogens (primary N) is 1. The van der Waals surface area contributed by atoms with Crippen molar-refractivity contribution in [3.63, 3.8) is 0 Å². The lowest BCUT2D eigenvalue weighted by Gasteiger charge is -2.24. The zero-order valence-corrected chi connectivity index (χ0v) is 18.1. The molecule has 15 heteroatoms. The summed E-state index contributed by atoms with van der Waals surface area (Å²) in [4.78, 5) is 69.7. The molecular formula is C17H28N4O10S. The first-order valence-corrected chi connectivity index (χ1v) is 10.7. The summed E-state index contributed by atoms with van der Waals surface area (Å²) in [6, 6.07) is -5.88. The van der Waals surface area contributed by atoms with E-state index in [0.717, 1.165) is 0 Å². The summed E-state index contributed by atoms with van der Waals surface area (Å²) in [6.45, 7) is -0.934. The summed E-state index contributed by atoms with van der Waals surface area (Å²) < 4.78 is 0. The zero-order valence-electron chi connectivity index (χ0n) is 17.3. The van der Waals surface area contributed by atoms with Crippen molar-refractivity contribution >= 4 is 47.4 Å². The minimum atomic E-state index is -1.62. The third kappa shape index (κ3) is 11.5. The molecule has 0 aromatic heterocycles. The van der Waals surface area contributed by atoms with Crippen molar-refractivity contribution in [2.45, 2.75) is 49.9 Å². The number of aliphatic hydroxyl groups excluding tert-OH is 1. The Kier molecular flexibility index (Phi) is 13.6. The number of hydrogen-bond acceptors (Lipinski definition) is 9. The molecular weight excluding hydrogens is 452 g/mol. The summed E-state index contributed by atoms with van der Waals surface area (Å²) in [5.41, 5.74) is 5.38. The van der Waals surface area contributed by atoms with Gasteiger partial charge in [0.1, 0.15) is 18.1 Å². The van der Waals surface area contributed by atoms with Crippen LogP contribution in [0.1, 0.15) is 25.7 Å². The number of carboxylic acid groups (broad SMARTS) is 3. The van der Waals surface area contributed by atoms with Gasteiger partial charge in [-0.3, -0.25) is 24.0 Å². The van der Waals surface area contributed by atoms with Crippen LogP contribution in [0.5, 0.6) is 0 Å². The van der Waals surface area contributed by atoms with Gasteiger partial charge in [-0.15, -0.1) is 0 Å². The highest BCUT2D eigenvalue weighted by Crippen LogP contribution is 2.05. The normalized spacial score (nSPS) is 14.3. The Labute approximate surface area is 187 Å². The van der Waals surface area contributed by atoms with E-state index in [9.17, 15) is 39.0 Å². The smallest absolute Gasteiger partial charge is 0.326 e. The minimum Gasteiger partial charge on any atom is -0.481 e. The topological polar surface area (TPSA) is 245 Å². The van der Waals surface area contributed by atoms with E-state index in [2.05, 4.69) is 10.6 Å². The van der Waals surface area contributed by atoms with E-state index in [1.807, 2.05) is 5.32 Å². The molecule has 0 saturated carbocycles. The SMILES string of the molecule is CSCCC(NC(=O)C(CCC(=O)O)NC(=O)C(CO)NC(=O)C(N)CC(=O)O)C(=O)O. The quantitative estimate of drug-likeness (QED) is 0.110. The third-order valence-electron chi connectivity index (χ3n) is 4.05. The number of amides is 3. The van der Waals surface area contributed by atoms with Gasteiger partial charge in [-0.2, -0.15) is 11.8 Å². The predicted octanol–water partition coefficient (Wildman–Crippen LogP) is -3.06. The fraction of sp³-hybridized carbons (Fsp3) is 0.647. The van der Waals surface area contributed by atoms with Crippen LogP contribution in [0.4, 0.5) is 0 Å². The highest BCUT2D eigenvalue weighted by molar-refractivity contribution is 7.98. The summed E-state index contributed by atoms with van der Waals surface area (Å²) in [5, 5.41) is 42.6. The van der Waals surface area contributed by atoms with Gasteiger partial charge >= 0.3 is 17.9 Å². The van der Waals surface area contributed by atoms with Crippen LogP contribution in [0.25, 0.3) is 0 Å². The van der Waals surface area contributed by atoms with Gasteiger partial charge in [0.15, 0.2) is 0 Å². The fourth-order valence-electron chi connectivity index (χ4n) is 2.33. The van der Waals surface area contributed by atoms with Gasteiger partial charge in [0, 0.05) is 6.42 Å². The molecule has 4 unspecified atom stereocenters. The third-order valence-corrected chi connectivity index (χ3v) is 4.70. The second-order valence-electron chi connectivity index (χ2n) is 6.62. The molecule has 32 heavy (non-hydrogen) atoms. The number of rotatable bonds is 16. The standard InChI is InChI=1S/C17H28N4O10S/c1-32-5-4-10(17(30)31)20-15(28)9(2-3-12(23)24)19-16(29)11(7-22)21-14(27)8(18)6-13(25)26/h8-11,22H,2-7,18H2,1H3,(H,19,29)(H,20,28)(H,21,27)(H,23,24)(H,25,26)(H,30,31). The van der Waals surface area contributed by atoms with Crippen molar-refractivity contribution in [1.82, 2.24) is 16.0 Å². The molecule has 0 fully saturated rings. The molecule has 3 amide bonds. The number of carboxylic acids is 3. The van der Waals surface area contributed by atoms with Gasteiger partial charge < -0.3 is 42.1 Å². The molecule has 0 rings (SSSR count). The van der Waals surface area contributed by atoms with E-state index in [1.165, 1.54) is 11.8 Å². The molecule has 0 bridgehead atoms. The van der Waals surface area contributed by atoms with Gasteiger partial charge in [0.2, 0.25) is 17.7 Å². The Hall–Kier alpha value is -2.91. The summed E-state index contributed by atoms with van der Waals surface area (Å²) in [5.74, 6) is -6.62. The van der Waals surface area contributed by atoms with E-state index in [0.29, 0.717) is 5.75 Å². The van der Waals surface area contributed by atoms with Gasteiger partial charge in [-0.05, 0) is 24.9 Å². The molecule has 182 valence electrons. The van der Waals surface area contributed by atoms with Crippen molar-refractivity contribution in [2.75, 3.05) is 18.6 Å². The Bertz CT molecular complexity index is 705. The van der Waals surface area contributed by atoms with Crippen LogP contribution in [-0.2, 0) is 28.8 Å². The van der Waals surface area contributed by atoms with Crippen LogP contribution in [0.15, 0.2) is 0 Å². The molecule has 9 N–H and O–H groups in total. The minimum absolute atomic E-state index is 0.0820. The lowest BCUT2D eigenvalue weighted by atomic mass is 10.1. The monoisotopic (exact) mass is 480 g/mol. The van der Waals surface area contributed by atoms with E-state index < -0.39 is 85.7 Å². The molecule has 14 nitrogen and oxygen atoms in total. The molecule has 0 aromatic rings. The van der Waals surface area contributed by atoms with Gasteiger partial charge in [0.25, 0.3) is 0 Å². The maximum Gasteiger partial charge on any atom is 0.326 e. The lowest BCUT2D eigenvalue weighted by molar-refractivity contribution is -0.143. The Morgan fingerprint density at radius 3 is 1.81 bits per heavy atom. The van der Waals surface area contributed by atoms with E-state index >= 15 is 0 Å².